The van der Waals surface area contributed by atoms with Crippen molar-refractivity contribution in [3.05, 3.63) is 0 Å². The average molecular weight is 158 g/mol. The highest BCUT2D eigenvalue weighted by Gasteiger charge is 2.21. The Balaban J connectivity index is 1.68. The standard InChI is InChI=1S/C6H15BN2S/c8-3-4-9-5-10-7-6-1-2-6/h6-7,9H,1-5,8H2. The van der Waals surface area contributed by atoms with Gasteiger partial charge in [-0.3, -0.25) is 0 Å². The molecule has 0 atom stereocenters. The summed E-state index contributed by atoms with van der Waals surface area (Å²) in [5.41, 5.74) is 5.31. The largest absolute Gasteiger partial charge is 0.329 e. The molecule has 0 saturated heterocycles. The van der Waals surface area contributed by atoms with E-state index < -0.39 is 0 Å². The third kappa shape index (κ3) is 4.20. The number of hydrogen-bond acceptors (Lipinski definition) is 3. The molecule has 0 unspecified atom stereocenters. The van der Waals surface area contributed by atoms with Gasteiger partial charge in [0.05, 0.1) is 0 Å². The molecule has 0 aromatic heterocycles. The highest BCUT2D eigenvalue weighted by atomic mass is 32.2. The zero-order chi connectivity index (χ0) is 7.23. The van der Waals surface area contributed by atoms with E-state index in [2.05, 4.69) is 5.32 Å². The summed E-state index contributed by atoms with van der Waals surface area (Å²) in [6.45, 7) is 3.05. The Morgan fingerprint density at radius 2 is 2.40 bits per heavy atom. The summed E-state index contributed by atoms with van der Waals surface area (Å²) in [7, 11) is 0. The molecule has 58 valence electrons. The fourth-order valence-electron chi connectivity index (χ4n) is 0.757. The second-order valence-corrected chi connectivity index (χ2v) is 3.78. The van der Waals surface area contributed by atoms with E-state index in [0.717, 1.165) is 24.8 Å². The normalized spacial score (nSPS) is 17.3. The SMILES string of the molecule is NCCNCSBC1CC1. The van der Waals surface area contributed by atoms with Crippen LogP contribution in [-0.2, 0) is 0 Å². The molecule has 2 nitrogen and oxygen atoms in total. The first kappa shape index (κ1) is 8.43. The number of nitrogens with one attached hydrogen (secondary N) is 1. The lowest BCUT2D eigenvalue weighted by Gasteiger charge is -1.99. The van der Waals surface area contributed by atoms with Crippen molar-refractivity contribution in [2.24, 2.45) is 5.73 Å². The molecule has 3 N–H and O–H groups in total. The molecule has 1 aliphatic rings. The maximum absolute atomic E-state index is 5.31. The predicted molar refractivity (Wildman–Crippen MR) is 49.6 cm³/mol. The van der Waals surface area contributed by atoms with Gasteiger partial charge in [-0.15, -0.1) is 0 Å². The van der Waals surface area contributed by atoms with Crippen LogP contribution in [0.3, 0.4) is 0 Å². The Hall–Kier alpha value is 0.335. The monoisotopic (exact) mass is 158 g/mol. The van der Waals surface area contributed by atoms with E-state index in [1.165, 1.54) is 19.4 Å². The van der Waals surface area contributed by atoms with E-state index >= 15 is 0 Å². The molecule has 0 amide bonds. The van der Waals surface area contributed by atoms with Crippen LogP contribution in [0.4, 0.5) is 0 Å². The fraction of sp³-hybridized carbons (Fsp3) is 1.00. The first-order chi connectivity index (χ1) is 4.93. The van der Waals surface area contributed by atoms with E-state index in [9.17, 15) is 0 Å². The molecule has 1 fully saturated rings. The quantitative estimate of drug-likeness (QED) is 0.328. The van der Waals surface area contributed by atoms with Gasteiger partial charge < -0.3 is 11.1 Å². The molecule has 0 spiro atoms. The van der Waals surface area contributed by atoms with E-state index in [0.29, 0.717) is 0 Å². The maximum atomic E-state index is 5.31. The van der Waals surface area contributed by atoms with Crippen molar-refractivity contribution in [3.63, 3.8) is 0 Å². The van der Waals surface area contributed by atoms with Crippen LogP contribution in [-0.4, -0.2) is 25.5 Å². The summed E-state index contributed by atoms with van der Waals surface area (Å²) in [6, 6.07) is 0. The van der Waals surface area contributed by atoms with Crippen molar-refractivity contribution in [2.45, 2.75) is 18.7 Å². The summed E-state index contributed by atoms with van der Waals surface area (Å²) in [4.78, 5) is 0. The van der Waals surface area contributed by atoms with E-state index in [4.69, 9.17) is 5.73 Å². The van der Waals surface area contributed by atoms with Crippen molar-refractivity contribution in [2.75, 3.05) is 19.0 Å². The van der Waals surface area contributed by atoms with Crippen LogP contribution < -0.4 is 11.1 Å². The number of rotatable bonds is 6. The first-order valence-corrected chi connectivity index (χ1v) is 5.07. The molecule has 1 aliphatic carbocycles. The third-order valence-electron chi connectivity index (χ3n) is 1.58. The predicted octanol–water partition coefficient (Wildman–Crippen LogP) is 0.159. The minimum Gasteiger partial charge on any atom is -0.329 e. The van der Waals surface area contributed by atoms with Crippen molar-refractivity contribution in [1.82, 2.24) is 5.32 Å². The molecule has 0 heterocycles. The summed E-state index contributed by atoms with van der Waals surface area (Å²) in [5, 5.41) is 3.26. The van der Waals surface area contributed by atoms with Crippen LogP contribution >= 0.6 is 11.6 Å². The zero-order valence-corrected chi connectivity index (χ0v) is 7.12. The van der Waals surface area contributed by atoms with E-state index in [-0.39, 0.29) is 0 Å². The van der Waals surface area contributed by atoms with Gasteiger partial charge in [0.25, 0.3) is 0 Å². The lowest BCUT2D eigenvalue weighted by Crippen LogP contribution is -2.22. The van der Waals surface area contributed by atoms with Crippen LogP contribution in [0.5, 0.6) is 0 Å². The Kier molecular flexibility index (Phi) is 4.26. The zero-order valence-electron chi connectivity index (χ0n) is 6.31. The molecule has 10 heavy (non-hydrogen) atoms. The van der Waals surface area contributed by atoms with Crippen molar-refractivity contribution in [1.29, 1.82) is 0 Å². The molecular weight excluding hydrogens is 143 g/mol. The van der Waals surface area contributed by atoms with Crippen LogP contribution in [0.2, 0.25) is 5.82 Å². The molecule has 1 rings (SSSR count). The highest BCUT2D eigenvalue weighted by Crippen LogP contribution is 2.37. The van der Waals surface area contributed by atoms with Gasteiger partial charge in [-0.05, 0) is 0 Å². The molecule has 4 heteroatoms. The fourth-order valence-corrected chi connectivity index (χ4v) is 1.83. The molecule has 1 saturated carbocycles. The van der Waals surface area contributed by atoms with E-state index in [1.54, 1.807) is 0 Å². The van der Waals surface area contributed by atoms with Gasteiger partial charge in [-0.2, -0.15) is 11.6 Å². The average Bonchev–Trinajstić information content (AvgIpc) is 2.71. The molecule has 0 bridgehead atoms. The summed E-state index contributed by atoms with van der Waals surface area (Å²) in [5.74, 6) is 2.12. The van der Waals surface area contributed by atoms with Gasteiger partial charge in [-0.1, -0.05) is 18.7 Å². The first-order valence-electron chi connectivity index (χ1n) is 3.92. The van der Waals surface area contributed by atoms with Gasteiger partial charge >= 0.3 is 0 Å². The Morgan fingerprint density at radius 1 is 1.60 bits per heavy atom. The van der Waals surface area contributed by atoms with E-state index in [1.807, 2.05) is 11.6 Å². The lowest BCUT2D eigenvalue weighted by atomic mass is 10.0. The molecule has 0 aromatic rings. The van der Waals surface area contributed by atoms with Crippen LogP contribution in [0, 0.1) is 0 Å². The number of hydrogen-bond donors (Lipinski definition) is 2. The van der Waals surface area contributed by atoms with Crippen LogP contribution in [0.25, 0.3) is 0 Å². The van der Waals surface area contributed by atoms with Gasteiger partial charge in [0.1, 0.15) is 0 Å². The Morgan fingerprint density at radius 3 is 3.00 bits per heavy atom. The Bertz CT molecular complexity index is 87.8. The summed E-state index contributed by atoms with van der Waals surface area (Å²) in [6.07, 6.45) is 2.92. The minimum atomic E-state index is 0.754. The smallest absolute Gasteiger partial charge is 0.196 e. The van der Waals surface area contributed by atoms with Gasteiger partial charge in [-0.25, -0.2) is 0 Å². The topological polar surface area (TPSA) is 38.0 Å². The van der Waals surface area contributed by atoms with Crippen molar-refractivity contribution >= 4 is 18.2 Å². The number of nitrogens with two attached hydrogens (primary N) is 1. The second kappa shape index (κ2) is 5.05. The van der Waals surface area contributed by atoms with Gasteiger partial charge in [0, 0.05) is 19.0 Å². The molecular formula is C6H15BN2S. The minimum absolute atomic E-state index is 0.754. The summed E-state index contributed by atoms with van der Waals surface area (Å²) < 4.78 is 0. The summed E-state index contributed by atoms with van der Waals surface area (Å²) >= 11 is 2.00. The Labute approximate surface area is 67.5 Å². The van der Waals surface area contributed by atoms with Crippen LogP contribution in [0.1, 0.15) is 12.8 Å². The van der Waals surface area contributed by atoms with Crippen molar-refractivity contribution in [3.8, 4) is 0 Å². The third-order valence-corrected chi connectivity index (χ3v) is 2.69. The highest BCUT2D eigenvalue weighted by molar-refractivity contribution is 8.22. The van der Waals surface area contributed by atoms with Crippen LogP contribution in [0.15, 0.2) is 0 Å². The van der Waals surface area contributed by atoms with Gasteiger partial charge in [0.15, 0.2) is 6.56 Å². The van der Waals surface area contributed by atoms with Crippen molar-refractivity contribution < 1.29 is 0 Å². The molecule has 0 radical (unpaired) electrons. The van der Waals surface area contributed by atoms with Gasteiger partial charge in [0.2, 0.25) is 0 Å². The molecule has 0 aliphatic heterocycles. The second-order valence-electron chi connectivity index (χ2n) is 2.75. The molecule has 0 aromatic carbocycles. The maximum Gasteiger partial charge on any atom is 0.196 e. The lowest BCUT2D eigenvalue weighted by molar-refractivity contribution is 0.785.